The van der Waals surface area contributed by atoms with Gasteiger partial charge in [0, 0.05) is 13.0 Å². The summed E-state index contributed by atoms with van der Waals surface area (Å²) in [5, 5.41) is 0. The molecule has 0 amide bonds. The molecule has 5 heteroatoms. The molecule has 0 fully saturated rings. The molecule has 0 aliphatic heterocycles. The molecule has 4 nitrogen and oxygen atoms in total. The van der Waals surface area contributed by atoms with Crippen LogP contribution in [-0.2, 0) is 16.1 Å². The minimum atomic E-state index is -0.389. The second-order valence-electron chi connectivity index (χ2n) is 4.43. The Kier molecular flexibility index (Phi) is 7.65. The molecule has 1 aromatic rings. The molecule has 0 unspecified atom stereocenters. The van der Waals surface area contributed by atoms with Crippen molar-refractivity contribution in [2.75, 3.05) is 13.2 Å². The molecule has 0 bridgehead atoms. The van der Waals surface area contributed by atoms with E-state index in [0.29, 0.717) is 26.2 Å². The first-order chi connectivity index (χ1) is 9.67. The van der Waals surface area contributed by atoms with Crippen LogP contribution in [0.4, 0.5) is 4.39 Å². The second kappa shape index (κ2) is 9.31. The molecule has 1 rings (SSSR count). The van der Waals surface area contributed by atoms with E-state index < -0.39 is 0 Å². The van der Waals surface area contributed by atoms with Gasteiger partial charge in [-0.2, -0.15) is 0 Å². The van der Waals surface area contributed by atoms with Crippen molar-refractivity contribution in [3.63, 3.8) is 0 Å². The Morgan fingerprint density at radius 1 is 1.30 bits per heavy atom. The van der Waals surface area contributed by atoms with Crippen molar-refractivity contribution >= 4 is 5.97 Å². The van der Waals surface area contributed by atoms with Gasteiger partial charge < -0.3 is 15.2 Å². The molecule has 0 saturated carbocycles. The third-order valence-electron chi connectivity index (χ3n) is 2.82. The maximum atomic E-state index is 13.6. The van der Waals surface area contributed by atoms with E-state index >= 15 is 0 Å². The highest BCUT2D eigenvalue weighted by atomic mass is 19.1. The Hall–Kier alpha value is -1.62. The summed E-state index contributed by atoms with van der Waals surface area (Å²) >= 11 is 0. The first-order valence-corrected chi connectivity index (χ1v) is 6.94. The van der Waals surface area contributed by atoms with Gasteiger partial charge in [-0.25, -0.2) is 4.39 Å². The number of hydrogen-bond acceptors (Lipinski definition) is 4. The van der Waals surface area contributed by atoms with Gasteiger partial charge >= 0.3 is 5.97 Å². The topological polar surface area (TPSA) is 61.5 Å². The van der Waals surface area contributed by atoms with Crippen molar-refractivity contribution < 1.29 is 18.7 Å². The second-order valence-corrected chi connectivity index (χ2v) is 4.43. The summed E-state index contributed by atoms with van der Waals surface area (Å²) in [7, 11) is 0. The van der Waals surface area contributed by atoms with Crippen molar-refractivity contribution in [3.05, 3.63) is 29.6 Å². The van der Waals surface area contributed by atoms with Crippen LogP contribution in [0, 0.1) is 5.82 Å². The molecular formula is C15H22FNO3. The highest BCUT2D eigenvalue weighted by Gasteiger charge is 2.04. The lowest BCUT2D eigenvalue weighted by Crippen LogP contribution is -2.04. The number of carbonyl (C=O) groups excluding carboxylic acids is 1. The summed E-state index contributed by atoms with van der Waals surface area (Å²) in [4.78, 5) is 11.1. The predicted molar refractivity (Wildman–Crippen MR) is 74.9 cm³/mol. The van der Waals surface area contributed by atoms with Gasteiger partial charge in [0.25, 0.3) is 0 Å². The highest BCUT2D eigenvalue weighted by Crippen LogP contribution is 2.18. The fourth-order valence-electron chi connectivity index (χ4n) is 1.75. The van der Waals surface area contributed by atoms with Crippen LogP contribution in [0.15, 0.2) is 18.2 Å². The van der Waals surface area contributed by atoms with Gasteiger partial charge in [-0.1, -0.05) is 6.07 Å². The van der Waals surface area contributed by atoms with Crippen LogP contribution in [-0.4, -0.2) is 19.2 Å². The number of rotatable bonds is 9. The lowest BCUT2D eigenvalue weighted by molar-refractivity contribution is -0.143. The van der Waals surface area contributed by atoms with Crippen molar-refractivity contribution in [1.82, 2.24) is 0 Å². The van der Waals surface area contributed by atoms with E-state index in [0.717, 1.165) is 24.8 Å². The lowest BCUT2D eigenvalue weighted by atomic mass is 10.2. The van der Waals surface area contributed by atoms with Crippen LogP contribution in [0.1, 0.15) is 38.2 Å². The summed E-state index contributed by atoms with van der Waals surface area (Å²) in [5.74, 6) is -0.316. The average Bonchev–Trinajstić information content (AvgIpc) is 2.44. The van der Waals surface area contributed by atoms with Gasteiger partial charge in [0.15, 0.2) is 11.6 Å². The third kappa shape index (κ3) is 6.02. The van der Waals surface area contributed by atoms with E-state index in [-0.39, 0.29) is 17.5 Å². The van der Waals surface area contributed by atoms with E-state index in [4.69, 9.17) is 15.2 Å². The fraction of sp³-hybridized carbons (Fsp3) is 0.533. The monoisotopic (exact) mass is 283 g/mol. The maximum absolute atomic E-state index is 13.6. The lowest BCUT2D eigenvalue weighted by Gasteiger charge is -2.08. The van der Waals surface area contributed by atoms with Crippen molar-refractivity contribution in [3.8, 4) is 5.75 Å². The molecule has 0 radical (unpaired) electrons. The third-order valence-corrected chi connectivity index (χ3v) is 2.82. The first-order valence-electron chi connectivity index (χ1n) is 6.94. The molecule has 0 spiro atoms. The zero-order chi connectivity index (χ0) is 14.8. The Balaban J connectivity index is 2.17. The Morgan fingerprint density at radius 2 is 2.10 bits per heavy atom. The first kappa shape index (κ1) is 16.4. The number of unbranched alkanes of at least 4 members (excludes halogenated alkanes) is 2. The molecule has 0 heterocycles. The SMILES string of the molecule is CCOC(=O)CCCCCOc1ccc(CN)cc1F. The number of halogens is 1. The van der Waals surface area contributed by atoms with Crippen molar-refractivity contribution in [2.24, 2.45) is 5.73 Å². The molecule has 0 aliphatic rings. The van der Waals surface area contributed by atoms with Crippen LogP contribution in [0.25, 0.3) is 0 Å². The van der Waals surface area contributed by atoms with E-state index in [9.17, 15) is 9.18 Å². The molecule has 0 atom stereocenters. The van der Waals surface area contributed by atoms with E-state index in [1.165, 1.54) is 6.07 Å². The van der Waals surface area contributed by atoms with Crippen LogP contribution >= 0.6 is 0 Å². The van der Waals surface area contributed by atoms with Crippen molar-refractivity contribution in [1.29, 1.82) is 0 Å². The van der Waals surface area contributed by atoms with Crippen LogP contribution in [0.2, 0.25) is 0 Å². The van der Waals surface area contributed by atoms with Crippen molar-refractivity contribution in [2.45, 2.75) is 39.2 Å². The van der Waals surface area contributed by atoms with E-state index in [1.54, 1.807) is 19.1 Å². The fourth-order valence-corrected chi connectivity index (χ4v) is 1.75. The normalized spacial score (nSPS) is 10.3. The molecule has 0 saturated heterocycles. The average molecular weight is 283 g/mol. The number of carbonyl (C=O) groups is 1. The van der Waals surface area contributed by atoms with E-state index in [1.807, 2.05) is 0 Å². The Morgan fingerprint density at radius 3 is 2.75 bits per heavy atom. The van der Waals surface area contributed by atoms with Crippen LogP contribution in [0.5, 0.6) is 5.75 Å². The minimum absolute atomic E-state index is 0.170. The summed E-state index contributed by atoms with van der Waals surface area (Å²) in [6.07, 6.45) is 2.81. The van der Waals surface area contributed by atoms with Crippen LogP contribution < -0.4 is 10.5 Å². The zero-order valence-corrected chi connectivity index (χ0v) is 11.9. The molecular weight excluding hydrogens is 261 g/mol. The number of nitrogens with two attached hydrogens (primary N) is 1. The summed E-state index contributed by atoms with van der Waals surface area (Å²) in [6.45, 7) is 2.95. The predicted octanol–water partition coefficient (Wildman–Crippen LogP) is 2.79. The number of benzene rings is 1. The van der Waals surface area contributed by atoms with E-state index in [2.05, 4.69) is 0 Å². The maximum Gasteiger partial charge on any atom is 0.305 e. The number of hydrogen-bond donors (Lipinski definition) is 1. The number of ether oxygens (including phenoxy) is 2. The number of esters is 1. The molecule has 112 valence electrons. The Labute approximate surface area is 119 Å². The largest absolute Gasteiger partial charge is 0.491 e. The standard InChI is InChI=1S/C15H22FNO3/c1-2-19-15(18)6-4-3-5-9-20-14-8-7-12(11-17)10-13(14)16/h7-8,10H,2-6,9,11,17H2,1H3. The zero-order valence-electron chi connectivity index (χ0n) is 11.9. The quantitative estimate of drug-likeness (QED) is 0.559. The van der Waals surface area contributed by atoms with Gasteiger partial charge in [0.2, 0.25) is 0 Å². The van der Waals surface area contributed by atoms with Gasteiger partial charge in [-0.3, -0.25) is 4.79 Å². The molecule has 2 N–H and O–H groups in total. The van der Waals surface area contributed by atoms with Gasteiger partial charge in [-0.05, 0) is 43.9 Å². The molecule has 0 aliphatic carbocycles. The van der Waals surface area contributed by atoms with Gasteiger partial charge in [-0.15, -0.1) is 0 Å². The van der Waals surface area contributed by atoms with Crippen LogP contribution in [0.3, 0.4) is 0 Å². The Bertz CT molecular complexity index is 424. The van der Waals surface area contributed by atoms with Gasteiger partial charge in [0.1, 0.15) is 0 Å². The molecule has 0 aromatic heterocycles. The highest BCUT2D eigenvalue weighted by molar-refractivity contribution is 5.69. The summed E-state index contributed by atoms with van der Waals surface area (Å²) in [6, 6.07) is 4.73. The smallest absolute Gasteiger partial charge is 0.305 e. The minimum Gasteiger partial charge on any atom is -0.491 e. The molecule has 1 aromatic carbocycles. The van der Waals surface area contributed by atoms with Gasteiger partial charge in [0.05, 0.1) is 13.2 Å². The summed E-state index contributed by atoms with van der Waals surface area (Å²) < 4.78 is 23.7. The summed E-state index contributed by atoms with van der Waals surface area (Å²) in [5.41, 5.74) is 6.16. The molecule has 20 heavy (non-hydrogen) atoms.